The van der Waals surface area contributed by atoms with Crippen molar-refractivity contribution in [1.29, 1.82) is 0 Å². The van der Waals surface area contributed by atoms with Gasteiger partial charge in [-0.2, -0.15) is 13.8 Å². The van der Waals surface area contributed by atoms with Crippen LogP contribution in [0.25, 0.3) is 22.3 Å². The lowest BCUT2D eigenvalue weighted by atomic mass is 10.1. The Labute approximate surface area is 215 Å². The Hall–Kier alpha value is -4.46. The van der Waals surface area contributed by atoms with Crippen LogP contribution in [0.3, 0.4) is 0 Å². The number of likely N-dealkylation sites (N-methyl/N-ethyl adjacent to an activating group) is 2. The Kier molecular flexibility index (Phi) is 7.62. The number of aromatic nitrogens is 4. The maximum absolute atomic E-state index is 13.9. The van der Waals surface area contributed by atoms with Crippen LogP contribution in [-0.2, 0) is 7.05 Å². The molecule has 2 heterocycles. The minimum atomic E-state index is -3.18. The van der Waals surface area contributed by atoms with E-state index in [1.807, 2.05) is 19.0 Å². The van der Waals surface area contributed by atoms with Crippen LogP contribution < -0.4 is 15.0 Å². The first-order valence-corrected chi connectivity index (χ1v) is 11.4. The first-order chi connectivity index (χ1) is 18.0. The van der Waals surface area contributed by atoms with Crippen molar-refractivity contribution in [2.45, 2.75) is 6.61 Å². The van der Waals surface area contributed by atoms with Crippen molar-refractivity contribution in [3.8, 4) is 17.1 Å². The van der Waals surface area contributed by atoms with E-state index in [0.29, 0.717) is 24.0 Å². The number of nitro benzene ring substituents is 1. The van der Waals surface area contributed by atoms with E-state index in [0.717, 1.165) is 11.6 Å². The van der Waals surface area contributed by atoms with Gasteiger partial charge in [0.15, 0.2) is 11.6 Å². The molecule has 4 rings (SSSR count). The Morgan fingerprint density at radius 3 is 2.61 bits per heavy atom. The van der Waals surface area contributed by atoms with Crippen molar-refractivity contribution in [3.63, 3.8) is 0 Å². The number of aryl methyl sites for hydroxylation is 1. The molecule has 0 saturated heterocycles. The molecule has 4 aromatic rings. The third kappa shape index (κ3) is 5.75. The fourth-order valence-electron chi connectivity index (χ4n) is 3.92. The number of hydrogen-bond acceptors (Lipinski definition) is 9. The number of nitro groups is 1. The van der Waals surface area contributed by atoms with Gasteiger partial charge in [0.1, 0.15) is 17.8 Å². The molecule has 0 atom stereocenters. The summed E-state index contributed by atoms with van der Waals surface area (Å²) in [7, 11) is 7.10. The Morgan fingerprint density at radius 1 is 1.16 bits per heavy atom. The average molecular weight is 531 g/mol. The molecule has 2 aromatic carbocycles. The van der Waals surface area contributed by atoms with E-state index in [1.165, 1.54) is 24.5 Å². The normalized spacial score (nSPS) is 11.4. The molecule has 0 aliphatic carbocycles. The van der Waals surface area contributed by atoms with Crippen molar-refractivity contribution in [3.05, 3.63) is 58.8 Å². The van der Waals surface area contributed by atoms with Gasteiger partial charge in [-0.1, -0.05) is 0 Å². The largest absolute Gasteiger partial charge is 0.433 e. The molecule has 11 nitrogen and oxygen atoms in total. The third-order valence-corrected chi connectivity index (χ3v) is 5.79. The van der Waals surface area contributed by atoms with E-state index in [2.05, 4.69) is 25.0 Å². The van der Waals surface area contributed by atoms with E-state index in [9.17, 15) is 23.3 Å². The van der Waals surface area contributed by atoms with Crippen molar-refractivity contribution < 1.29 is 22.8 Å². The summed E-state index contributed by atoms with van der Waals surface area (Å²) < 4.78 is 46.9. The lowest BCUT2D eigenvalue weighted by molar-refractivity contribution is -0.384. The molecule has 200 valence electrons. The summed E-state index contributed by atoms with van der Waals surface area (Å²) in [6, 6.07) is 6.59. The lowest BCUT2D eigenvalue weighted by Crippen LogP contribution is -2.29. The number of nitrogens with zero attached hydrogens (tertiary/aromatic N) is 7. The fourth-order valence-corrected chi connectivity index (χ4v) is 3.92. The maximum atomic E-state index is 13.9. The molecule has 14 heteroatoms. The molecule has 2 aromatic heterocycles. The summed E-state index contributed by atoms with van der Waals surface area (Å²) in [6.07, 6.45) is 2.91. The first kappa shape index (κ1) is 26.6. The number of fused-ring (bicyclic) bond motifs is 1. The van der Waals surface area contributed by atoms with Gasteiger partial charge in [-0.15, -0.1) is 0 Å². The van der Waals surface area contributed by atoms with Gasteiger partial charge in [0.25, 0.3) is 5.69 Å². The third-order valence-electron chi connectivity index (χ3n) is 5.79. The quantitative estimate of drug-likeness (QED) is 0.235. The van der Waals surface area contributed by atoms with Gasteiger partial charge in [-0.25, -0.2) is 14.4 Å². The summed E-state index contributed by atoms with van der Waals surface area (Å²) in [5.41, 5.74) is 0.901. The van der Waals surface area contributed by atoms with Crippen LogP contribution in [0.5, 0.6) is 5.75 Å². The minimum Gasteiger partial charge on any atom is -0.433 e. The zero-order valence-corrected chi connectivity index (χ0v) is 21.0. The van der Waals surface area contributed by atoms with Gasteiger partial charge in [-0.05, 0) is 32.3 Å². The summed E-state index contributed by atoms with van der Waals surface area (Å²) >= 11 is 0. The molecular formula is C24H25F3N8O3. The van der Waals surface area contributed by atoms with Gasteiger partial charge >= 0.3 is 6.61 Å². The van der Waals surface area contributed by atoms with Crippen molar-refractivity contribution in [1.82, 2.24) is 24.4 Å². The average Bonchev–Trinajstić information content (AvgIpc) is 3.18. The second kappa shape index (κ2) is 10.9. The number of hydrogen-bond donors (Lipinski definition) is 1. The lowest BCUT2D eigenvalue weighted by Gasteiger charge is -2.23. The number of ether oxygens (including phenoxy) is 1. The second-order valence-corrected chi connectivity index (χ2v) is 8.77. The van der Waals surface area contributed by atoms with E-state index in [-0.39, 0.29) is 34.6 Å². The Balaban J connectivity index is 1.74. The second-order valence-electron chi connectivity index (χ2n) is 8.77. The molecular weight excluding hydrogens is 505 g/mol. The van der Waals surface area contributed by atoms with Gasteiger partial charge in [0.2, 0.25) is 5.95 Å². The Morgan fingerprint density at radius 2 is 1.92 bits per heavy atom. The van der Waals surface area contributed by atoms with Crippen LogP contribution >= 0.6 is 0 Å². The molecule has 0 aliphatic rings. The highest BCUT2D eigenvalue weighted by Crippen LogP contribution is 2.40. The van der Waals surface area contributed by atoms with E-state index < -0.39 is 17.4 Å². The number of nitrogens with one attached hydrogen (secondary N) is 1. The minimum absolute atomic E-state index is 0.0782. The number of alkyl halides is 2. The predicted octanol–water partition coefficient (Wildman–Crippen LogP) is 4.42. The molecule has 0 aliphatic heterocycles. The van der Waals surface area contributed by atoms with E-state index >= 15 is 0 Å². The van der Waals surface area contributed by atoms with Gasteiger partial charge < -0.3 is 24.4 Å². The predicted molar refractivity (Wildman–Crippen MR) is 137 cm³/mol. The first-order valence-electron chi connectivity index (χ1n) is 11.4. The summed E-state index contributed by atoms with van der Waals surface area (Å²) in [6.45, 7) is -2.21. The highest BCUT2D eigenvalue weighted by atomic mass is 19.3. The summed E-state index contributed by atoms with van der Waals surface area (Å²) in [4.78, 5) is 27.3. The zero-order chi connectivity index (χ0) is 27.6. The van der Waals surface area contributed by atoms with E-state index in [4.69, 9.17) is 0 Å². The molecule has 0 amide bonds. The highest BCUT2D eigenvalue weighted by molar-refractivity contribution is 5.94. The monoisotopic (exact) mass is 530 g/mol. The van der Waals surface area contributed by atoms with E-state index in [1.54, 1.807) is 35.8 Å². The van der Waals surface area contributed by atoms with Crippen molar-refractivity contribution >= 4 is 33.9 Å². The van der Waals surface area contributed by atoms with Crippen LogP contribution in [0.1, 0.15) is 0 Å². The van der Waals surface area contributed by atoms with Crippen LogP contribution in [0.15, 0.2) is 42.9 Å². The zero-order valence-electron chi connectivity index (χ0n) is 21.0. The van der Waals surface area contributed by atoms with Crippen molar-refractivity contribution in [2.75, 3.05) is 44.4 Å². The van der Waals surface area contributed by atoms with Crippen LogP contribution in [0.2, 0.25) is 0 Å². The molecule has 0 spiro atoms. The van der Waals surface area contributed by atoms with Crippen molar-refractivity contribution in [2.24, 2.45) is 7.05 Å². The van der Waals surface area contributed by atoms with Gasteiger partial charge in [-0.3, -0.25) is 10.1 Å². The highest BCUT2D eigenvalue weighted by Gasteiger charge is 2.24. The number of anilines is 3. The standard InChI is InChI=1S/C24H25F3N8O3/c1-32(2)7-8-33(3)19-11-21(38-23(26)27)17(10-20(19)35(36)37)30-24-29-13-28-22(31-24)16-12-34(4)18-6-5-14(25)9-15(16)18/h5-6,9-13,23H,7-8H2,1-4H3,(H,28,29,30,31). The number of halogens is 3. The number of benzene rings is 2. The van der Waals surface area contributed by atoms with Crippen LogP contribution in [-0.4, -0.2) is 70.2 Å². The SMILES string of the molecule is CN(C)CCN(C)c1cc(OC(F)F)c(Nc2ncnc(-c3cn(C)c4ccc(F)cc34)n2)cc1[N+](=O)[O-]. The van der Waals surface area contributed by atoms with Gasteiger partial charge in [0, 0.05) is 62.0 Å². The maximum Gasteiger partial charge on any atom is 0.387 e. The molecule has 38 heavy (non-hydrogen) atoms. The Bertz CT molecular complexity index is 1480. The molecule has 0 radical (unpaired) electrons. The number of rotatable bonds is 10. The molecule has 0 bridgehead atoms. The van der Waals surface area contributed by atoms with Gasteiger partial charge in [0.05, 0.1) is 10.6 Å². The molecule has 0 unspecified atom stereocenters. The summed E-state index contributed by atoms with van der Waals surface area (Å²) in [5.74, 6) is -0.657. The molecule has 1 N–H and O–H groups in total. The fraction of sp³-hybridized carbons (Fsp3) is 0.292. The summed E-state index contributed by atoms with van der Waals surface area (Å²) in [5, 5.41) is 15.2. The molecule has 0 fully saturated rings. The smallest absolute Gasteiger partial charge is 0.387 e. The van der Waals surface area contributed by atoms with Crippen LogP contribution in [0.4, 0.5) is 36.2 Å². The topological polar surface area (TPSA) is 114 Å². The molecule has 0 saturated carbocycles. The van der Waals surface area contributed by atoms with Crippen LogP contribution in [0, 0.1) is 15.9 Å².